The third-order valence-electron chi connectivity index (χ3n) is 3.27. The van der Waals surface area contributed by atoms with E-state index in [-0.39, 0.29) is 5.92 Å². The number of carbonyl (C=O) groups excluding carboxylic acids is 2. The summed E-state index contributed by atoms with van der Waals surface area (Å²) in [6.07, 6.45) is 0. The summed E-state index contributed by atoms with van der Waals surface area (Å²) in [6, 6.07) is 2.18. The lowest BCUT2D eigenvalue weighted by Crippen LogP contribution is -2.47. The fraction of sp³-hybridized carbons (Fsp3) is 0.312. The summed E-state index contributed by atoms with van der Waals surface area (Å²) < 4.78 is 27.4. The fourth-order valence-electron chi connectivity index (χ4n) is 2.06. The second-order valence-corrected chi connectivity index (χ2v) is 6.43. The second-order valence-electron chi connectivity index (χ2n) is 5.58. The van der Waals surface area contributed by atoms with E-state index < -0.39 is 35.1 Å². The topological polar surface area (TPSA) is 71.1 Å². The van der Waals surface area contributed by atoms with Gasteiger partial charge < -0.3 is 10.6 Å². The monoisotopic (exact) mass is 353 g/mol. The molecule has 0 fully saturated rings. The highest BCUT2D eigenvalue weighted by Crippen LogP contribution is 2.17. The Bertz CT molecular complexity index is 741. The van der Waals surface area contributed by atoms with Gasteiger partial charge in [0.1, 0.15) is 23.2 Å². The molecule has 2 N–H and O–H groups in total. The van der Waals surface area contributed by atoms with Gasteiger partial charge in [0, 0.05) is 5.38 Å². The second kappa shape index (κ2) is 7.48. The number of hydrogen-bond acceptors (Lipinski definition) is 4. The number of rotatable bonds is 5. The average molecular weight is 353 g/mol. The number of benzene rings is 1. The Morgan fingerprint density at radius 3 is 2.33 bits per heavy atom. The smallest absolute Gasteiger partial charge is 0.257 e. The van der Waals surface area contributed by atoms with E-state index in [0.717, 1.165) is 17.8 Å². The highest BCUT2D eigenvalue weighted by atomic mass is 32.1. The molecule has 2 amide bonds. The Kier molecular flexibility index (Phi) is 5.61. The van der Waals surface area contributed by atoms with E-state index in [1.807, 2.05) is 0 Å². The first-order valence-electron chi connectivity index (χ1n) is 7.27. The van der Waals surface area contributed by atoms with Gasteiger partial charge in [0.2, 0.25) is 5.91 Å². The molecular formula is C16H17F2N3O2S. The summed E-state index contributed by atoms with van der Waals surface area (Å²) in [7, 11) is 0. The molecule has 0 radical (unpaired) electrons. The van der Waals surface area contributed by atoms with Crippen LogP contribution >= 0.6 is 11.3 Å². The minimum absolute atomic E-state index is 0.287. The van der Waals surface area contributed by atoms with Gasteiger partial charge in [0.15, 0.2) is 5.13 Å². The summed E-state index contributed by atoms with van der Waals surface area (Å²) >= 11 is 1.25. The SMILES string of the molecule is Cc1csc(NC(=O)C(NC(=O)c2c(F)cccc2F)C(C)C)n1. The molecule has 0 saturated heterocycles. The Morgan fingerprint density at radius 1 is 1.21 bits per heavy atom. The predicted molar refractivity (Wildman–Crippen MR) is 87.9 cm³/mol. The number of amides is 2. The molecule has 1 aromatic carbocycles. The van der Waals surface area contributed by atoms with E-state index in [1.165, 1.54) is 17.4 Å². The third kappa shape index (κ3) is 4.14. The molecule has 1 aromatic heterocycles. The molecule has 0 bridgehead atoms. The largest absolute Gasteiger partial charge is 0.340 e. The van der Waals surface area contributed by atoms with Crippen LogP contribution in [-0.4, -0.2) is 22.8 Å². The highest BCUT2D eigenvalue weighted by Gasteiger charge is 2.27. The molecule has 0 aliphatic heterocycles. The van der Waals surface area contributed by atoms with E-state index >= 15 is 0 Å². The van der Waals surface area contributed by atoms with Crippen molar-refractivity contribution in [2.75, 3.05) is 5.32 Å². The number of aryl methyl sites for hydroxylation is 1. The number of aromatic nitrogens is 1. The third-order valence-corrected chi connectivity index (χ3v) is 4.15. The summed E-state index contributed by atoms with van der Waals surface area (Å²) in [6.45, 7) is 5.22. The zero-order valence-electron chi connectivity index (χ0n) is 13.4. The Balaban J connectivity index is 2.16. The fourth-order valence-corrected chi connectivity index (χ4v) is 2.75. The van der Waals surface area contributed by atoms with Gasteiger partial charge in [-0.3, -0.25) is 9.59 Å². The number of thiazole rings is 1. The van der Waals surface area contributed by atoms with Crippen molar-refractivity contribution in [3.8, 4) is 0 Å². The number of carbonyl (C=O) groups is 2. The van der Waals surface area contributed by atoms with E-state index in [1.54, 1.807) is 26.2 Å². The van der Waals surface area contributed by atoms with Gasteiger partial charge >= 0.3 is 0 Å². The van der Waals surface area contributed by atoms with Gasteiger partial charge in [-0.25, -0.2) is 13.8 Å². The van der Waals surface area contributed by atoms with Gasteiger partial charge in [-0.15, -0.1) is 11.3 Å². The molecule has 0 aliphatic carbocycles. The first kappa shape index (κ1) is 18.0. The summed E-state index contributed by atoms with van der Waals surface area (Å²) in [5, 5.41) is 7.15. The molecule has 2 rings (SSSR count). The van der Waals surface area contributed by atoms with Crippen molar-refractivity contribution >= 4 is 28.3 Å². The van der Waals surface area contributed by atoms with Crippen molar-refractivity contribution in [1.82, 2.24) is 10.3 Å². The van der Waals surface area contributed by atoms with Crippen molar-refractivity contribution in [1.29, 1.82) is 0 Å². The quantitative estimate of drug-likeness (QED) is 0.868. The Hall–Kier alpha value is -2.35. The van der Waals surface area contributed by atoms with E-state index in [4.69, 9.17) is 0 Å². The maximum absolute atomic E-state index is 13.7. The lowest BCUT2D eigenvalue weighted by atomic mass is 10.0. The Labute approximate surface area is 142 Å². The number of halogens is 2. The summed E-state index contributed by atoms with van der Waals surface area (Å²) in [5.41, 5.74) is 0.0508. The van der Waals surface area contributed by atoms with Crippen LogP contribution in [0.3, 0.4) is 0 Å². The molecule has 5 nitrogen and oxygen atoms in total. The molecule has 1 unspecified atom stereocenters. The van der Waals surface area contributed by atoms with Crippen molar-refractivity contribution < 1.29 is 18.4 Å². The lowest BCUT2D eigenvalue weighted by Gasteiger charge is -2.21. The van der Waals surface area contributed by atoms with Crippen LogP contribution in [0.25, 0.3) is 0 Å². The van der Waals surface area contributed by atoms with Crippen LogP contribution in [0.2, 0.25) is 0 Å². The van der Waals surface area contributed by atoms with Crippen LogP contribution in [0.1, 0.15) is 29.9 Å². The van der Waals surface area contributed by atoms with Gasteiger partial charge in [-0.1, -0.05) is 19.9 Å². The Morgan fingerprint density at radius 2 is 1.83 bits per heavy atom. The molecule has 0 spiro atoms. The normalized spacial score (nSPS) is 12.1. The first-order valence-corrected chi connectivity index (χ1v) is 8.15. The van der Waals surface area contributed by atoms with Crippen LogP contribution in [0.4, 0.5) is 13.9 Å². The number of nitrogens with zero attached hydrogens (tertiary/aromatic N) is 1. The van der Waals surface area contributed by atoms with Gasteiger partial charge in [0.05, 0.1) is 5.69 Å². The average Bonchev–Trinajstić information content (AvgIpc) is 2.89. The van der Waals surface area contributed by atoms with Crippen LogP contribution in [0.5, 0.6) is 0 Å². The zero-order valence-corrected chi connectivity index (χ0v) is 14.2. The van der Waals surface area contributed by atoms with Crippen LogP contribution in [0, 0.1) is 24.5 Å². The molecule has 1 heterocycles. The molecular weight excluding hydrogens is 336 g/mol. The number of nitrogens with one attached hydrogen (secondary N) is 2. The van der Waals surface area contributed by atoms with E-state index in [0.29, 0.717) is 5.13 Å². The maximum Gasteiger partial charge on any atom is 0.257 e. The molecule has 128 valence electrons. The van der Waals surface area contributed by atoms with Crippen LogP contribution in [0.15, 0.2) is 23.6 Å². The minimum Gasteiger partial charge on any atom is -0.340 e. The van der Waals surface area contributed by atoms with Crippen LogP contribution < -0.4 is 10.6 Å². The van der Waals surface area contributed by atoms with Gasteiger partial charge in [-0.2, -0.15) is 0 Å². The lowest BCUT2D eigenvalue weighted by molar-refractivity contribution is -0.118. The molecule has 1 atom stereocenters. The van der Waals surface area contributed by atoms with E-state index in [2.05, 4.69) is 15.6 Å². The number of anilines is 1. The van der Waals surface area contributed by atoms with Gasteiger partial charge in [0.25, 0.3) is 5.91 Å². The van der Waals surface area contributed by atoms with Crippen molar-refractivity contribution in [2.45, 2.75) is 26.8 Å². The molecule has 0 aliphatic rings. The highest BCUT2D eigenvalue weighted by molar-refractivity contribution is 7.13. The predicted octanol–water partition coefficient (Wildman–Crippen LogP) is 3.12. The van der Waals surface area contributed by atoms with Crippen molar-refractivity contribution in [2.24, 2.45) is 5.92 Å². The molecule has 8 heteroatoms. The number of hydrogen-bond donors (Lipinski definition) is 2. The zero-order chi connectivity index (χ0) is 17.9. The minimum atomic E-state index is -0.981. The van der Waals surface area contributed by atoms with Crippen LogP contribution in [-0.2, 0) is 4.79 Å². The molecule has 24 heavy (non-hydrogen) atoms. The standard InChI is InChI=1S/C16H17F2N3O2S/c1-8(2)13(15(23)21-16-19-9(3)7-24-16)20-14(22)12-10(17)5-4-6-11(12)18/h4-8,13H,1-3H3,(H,20,22)(H,19,21,23). The van der Waals surface area contributed by atoms with Crippen molar-refractivity contribution in [3.05, 3.63) is 46.5 Å². The van der Waals surface area contributed by atoms with Crippen molar-refractivity contribution in [3.63, 3.8) is 0 Å². The summed E-state index contributed by atoms with van der Waals surface area (Å²) in [5.74, 6) is -3.72. The maximum atomic E-state index is 13.7. The van der Waals surface area contributed by atoms with Gasteiger partial charge in [-0.05, 0) is 25.0 Å². The molecule has 2 aromatic rings. The first-order chi connectivity index (χ1) is 11.3. The summed E-state index contributed by atoms with van der Waals surface area (Å²) in [4.78, 5) is 28.6. The van der Waals surface area contributed by atoms with E-state index in [9.17, 15) is 18.4 Å². The molecule has 0 saturated carbocycles.